The van der Waals surface area contributed by atoms with Crippen LogP contribution < -0.4 is 10.6 Å². The smallest absolute Gasteiger partial charge is 0.321 e. The lowest BCUT2D eigenvalue weighted by molar-refractivity contribution is -0.384. The minimum Gasteiger partial charge on any atom is -0.341 e. The van der Waals surface area contributed by atoms with E-state index in [-0.39, 0.29) is 5.69 Å². The molecule has 150 valence electrons. The number of rotatable bonds is 5. The highest BCUT2D eigenvalue weighted by molar-refractivity contribution is 8.00. The van der Waals surface area contributed by atoms with Gasteiger partial charge in [-0.25, -0.2) is 14.2 Å². The number of fused-ring (bicyclic) bond motifs is 1. The summed E-state index contributed by atoms with van der Waals surface area (Å²) in [4.78, 5) is 38.5. The maximum atomic E-state index is 13.4. The van der Waals surface area contributed by atoms with Crippen molar-refractivity contribution in [3.63, 3.8) is 0 Å². The van der Waals surface area contributed by atoms with Gasteiger partial charge in [-0.1, -0.05) is 11.8 Å². The molecule has 29 heavy (non-hydrogen) atoms. The summed E-state index contributed by atoms with van der Waals surface area (Å²) in [5.41, 5.74) is 1.36. The first kappa shape index (κ1) is 20.3. The zero-order valence-corrected chi connectivity index (χ0v) is 16.2. The lowest BCUT2D eigenvalue weighted by Gasteiger charge is -2.13. The molecule has 0 saturated carbocycles. The molecule has 1 unspecified atom stereocenters. The van der Waals surface area contributed by atoms with Crippen LogP contribution >= 0.6 is 11.8 Å². The Balaban J connectivity index is 2.05. The molecule has 3 aromatic rings. The summed E-state index contributed by atoms with van der Waals surface area (Å²) >= 11 is 1.07. The summed E-state index contributed by atoms with van der Waals surface area (Å²) in [6, 6.07) is 9.22. The molecule has 0 fully saturated rings. The molecule has 3 amide bonds. The summed E-state index contributed by atoms with van der Waals surface area (Å²) < 4.78 is 15.0. The van der Waals surface area contributed by atoms with Gasteiger partial charge in [0.25, 0.3) is 5.69 Å². The van der Waals surface area contributed by atoms with Gasteiger partial charge in [-0.3, -0.25) is 24.8 Å². The normalized spacial score (nSPS) is 11.8. The highest BCUT2D eigenvalue weighted by Crippen LogP contribution is 2.32. The van der Waals surface area contributed by atoms with Crippen molar-refractivity contribution in [2.45, 2.75) is 17.3 Å². The molecule has 3 rings (SSSR count). The van der Waals surface area contributed by atoms with E-state index in [2.05, 4.69) is 15.6 Å². The summed E-state index contributed by atoms with van der Waals surface area (Å²) in [5, 5.41) is 15.2. The van der Waals surface area contributed by atoms with Crippen molar-refractivity contribution >= 4 is 40.4 Å². The van der Waals surface area contributed by atoms with Crippen LogP contribution in [0.1, 0.15) is 6.92 Å². The summed E-state index contributed by atoms with van der Waals surface area (Å²) in [5.74, 6) is -0.945. The first-order chi connectivity index (χ1) is 13.8. The minimum atomic E-state index is -0.696. The fourth-order valence-corrected chi connectivity index (χ4v) is 3.51. The van der Waals surface area contributed by atoms with Crippen molar-refractivity contribution in [2.24, 2.45) is 0 Å². The Morgan fingerprint density at radius 1 is 1.24 bits per heavy atom. The SMILES string of the molecule is CNC(=O)NC(=O)C(C)Sc1nc2cc([N+](=O)[O-])ccc2n1-c1ccc(F)cc1. The third kappa shape index (κ3) is 4.35. The molecule has 0 aliphatic carbocycles. The number of aromatic nitrogens is 2. The number of carbonyl (C=O) groups excluding carboxylic acids is 2. The number of imidazole rings is 1. The number of urea groups is 1. The van der Waals surface area contributed by atoms with Crippen LogP contribution in [0.25, 0.3) is 16.7 Å². The molecule has 0 aliphatic rings. The van der Waals surface area contributed by atoms with Gasteiger partial charge in [0.2, 0.25) is 5.91 Å². The number of nitro groups is 1. The third-order valence-electron chi connectivity index (χ3n) is 4.02. The summed E-state index contributed by atoms with van der Waals surface area (Å²) in [7, 11) is 1.39. The van der Waals surface area contributed by atoms with Crippen LogP contribution in [0.2, 0.25) is 0 Å². The first-order valence-corrected chi connectivity index (χ1v) is 9.30. The summed E-state index contributed by atoms with van der Waals surface area (Å²) in [6.07, 6.45) is 0. The molecule has 1 heterocycles. The Hall–Kier alpha value is -3.47. The molecule has 11 heteroatoms. The number of thioether (sulfide) groups is 1. The molecular weight excluding hydrogens is 401 g/mol. The number of nitrogens with one attached hydrogen (secondary N) is 2. The van der Waals surface area contributed by atoms with E-state index in [4.69, 9.17) is 0 Å². The van der Waals surface area contributed by atoms with Crippen molar-refractivity contribution < 1.29 is 18.9 Å². The van der Waals surface area contributed by atoms with Gasteiger partial charge in [0.05, 0.1) is 21.2 Å². The lowest BCUT2D eigenvalue weighted by Crippen LogP contribution is -2.41. The Morgan fingerprint density at radius 2 is 1.93 bits per heavy atom. The minimum absolute atomic E-state index is 0.122. The number of halogens is 1. The van der Waals surface area contributed by atoms with Crippen molar-refractivity contribution in [1.29, 1.82) is 0 Å². The van der Waals surface area contributed by atoms with Crippen molar-refractivity contribution in [2.75, 3.05) is 7.05 Å². The van der Waals surface area contributed by atoms with E-state index in [1.807, 2.05) is 0 Å². The van der Waals surface area contributed by atoms with E-state index < -0.39 is 27.9 Å². The molecule has 0 saturated heterocycles. The maximum Gasteiger partial charge on any atom is 0.321 e. The number of nitro benzene ring substituents is 1. The number of hydrogen-bond donors (Lipinski definition) is 2. The molecule has 0 aliphatic heterocycles. The van der Waals surface area contributed by atoms with E-state index in [9.17, 15) is 24.1 Å². The number of nitrogens with zero attached hydrogens (tertiary/aromatic N) is 3. The number of carbonyl (C=O) groups is 2. The van der Waals surface area contributed by atoms with Crippen LogP contribution in [0.3, 0.4) is 0 Å². The topological polar surface area (TPSA) is 119 Å². The first-order valence-electron chi connectivity index (χ1n) is 8.42. The summed E-state index contributed by atoms with van der Waals surface area (Å²) in [6.45, 7) is 1.60. The predicted molar refractivity (Wildman–Crippen MR) is 106 cm³/mol. The van der Waals surface area contributed by atoms with Gasteiger partial charge >= 0.3 is 6.03 Å². The Bertz CT molecular complexity index is 1100. The fraction of sp³-hybridized carbons (Fsp3) is 0.167. The second-order valence-corrected chi connectivity index (χ2v) is 7.27. The van der Waals surface area contributed by atoms with Crippen LogP contribution in [0.15, 0.2) is 47.6 Å². The lowest BCUT2D eigenvalue weighted by atomic mass is 10.2. The zero-order valence-electron chi connectivity index (χ0n) is 15.4. The Morgan fingerprint density at radius 3 is 2.55 bits per heavy atom. The maximum absolute atomic E-state index is 13.4. The number of benzene rings is 2. The number of amides is 3. The Kier molecular flexibility index (Phi) is 5.78. The number of hydrogen-bond acceptors (Lipinski definition) is 6. The third-order valence-corrected chi connectivity index (χ3v) is 5.07. The van der Waals surface area contributed by atoms with Gasteiger partial charge in [-0.05, 0) is 37.3 Å². The average Bonchev–Trinajstić information content (AvgIpc) is 3.05. The fourth-order valence-electron chi connectivity index (χ4n) is 2.57. The van der Waals surface area contributed by atoms with Gasteiger partial charge < -0.3 is 5.32 Å². The molecule has 2 N–H and O–H groups in total. The highest BCUT2D eigenvalue weighted by atomic mass is 32.2. The van der Waals surface area contributed by atoms with E-state index in [0.29, 0.717) is 21.9 Å². The number of imide groups is 1. The molecule has 1 aromatic heterocycles. The van der Waals surface area contributed by atoms with E-state index in [0.717, 1.165) is 11.8 Å². The van der Waals surface area contributed by atoms with Gasteiger partial charge in [-0.2, -0.15) is 0 Å². The number of non-ortho nitro benzene ring substituents is 1. The molecule has 1 atom stereocenters. The second kappa shape index (κ2) is 8.27. The van der Waals surface area contributed by atoms with E-state index >= 15 is 0 Å². The molecule has 0 bridgehead atoms. The van der Waals surface area contributed by atoms with Crippen LogP contribution in [0.5, 0.6) is 0 Å². The monoisotopic (exact) mass is 417 g/mol. The molecule has 2 aromatic carbocycles. The molecule has 9 nitrogen and oxygen atoms in total. The predicted octanol–water partition coefficient (Wildman–Crippen LogP) is 3.01. The molecule has 0 spiro atoms. The van der Waals surface area contributed by atoms with Crippen LogP contribution in [0.4, 0.5) is 14.9 Å². The zero-order chi connectivity index (χ0) is 21.1. The molecule has 0 radical (unpaired) electrons. The average molecular weight is 417 g/mol. The quantitative estimate of drug-likeness (QED) is 0.374. The Labute approximate surface area is 168 Å². The largest absolute Gasteiger partial charge is 0.341 e. The van der Waals surface area contributed by atoms with Crippen LogP contribution in [-0.4, -0.2) is 38.7 Å². The standard InChI is InChI=1S/C18H16FN5O4S/c1-10(16(25)22-17(26)20-2)29-18-21-14-9-13(24(27)28)7-8-15(14)23(18)12-5-3-11(19)4-6-12/h3-10H,1-2H3,(H2,20,22,25,26). The van der Waals surface area contributed by atoms with Crippen molar-refractivity contribution in [3.05, 3.63) is 58.4 Å². The molecular formula is C18H16FN5O4S. The van der Waals surface area contributed by atoms with Crippen LogP contribution in [-0.2, 0) is 4.79 Å². The van der Waals surface area contributed by atoms with Crippen molar-refractivity contribution in [1.82, 2.24) is 20.2 Å². The van der Waals surface area contributed by atoms with E-state index in [1.54, 1.807) is 17.6 Å². The van der Waals surface area contributed by atoms with Crippen LogP contribution in [0, 0.1) is 15.9 Å². The second-order valence-electron chi connectivity index (χ2n) is 5.96. The highest BCUT2D eigenvalue weighted by Gasteiger charge is 2.22. The van der Waals surface area contributed by atoms with Gasteiger partial charge in [0.15, 0.2) is 5.16 Å². The van der Waals surface area contributed by atoms with Gasteiger partial charge in [-0.15, -0.1) is 0 Å². The van der Waals surface area contributed by atoms with E-state index in [1.165, 1.54) is 43.4 Å². The van der Waals surface area contributed by atoms with Gasteiger partial charge in [0, 0.05) is 24.9 Å². The van der Waals surface area contributed by atoms with Crippen molar-refractivity contribution in [3.8, 4) is 5.69 Å². The van der Waals surface area contributed by atoms with Gasteiger partial charge in [0.1, 0.15) is 5.82 Å².